The molecule has 20 heavy (non-hydrogen) atoms. The summed E-state index contributed by atoms with van der Waals surface area (Å²) in [4.78, 5) is 18.5. The van der Waals surface area contributed by atoms with Gasteiger partial charge in [0, 0.05) is 10.3 Å². The van der Waals surface area contributed by atoms with Gasteiger partial charge in [0.25, 0.3) is 5.56 Å². The minimum absolute atomic E-state index is 0.100. The van der Waals surface area contributed by atoms with Crippen molar-refractivity contribution in [1.82, 2.24) is 9.38 Å². The molecule has 2 aromatic heterocycles. The molecular weight excluding hydrogens is 363 g/mol. The Morgan fingerprint density at radius 2 is 2.25 bits per heavy atom. The summed E-state index contributed by atoms with van der Waals surface area (Å²) >= 11 is 3.61. The third kappa shape index (κ3) is 2.39. The van der Waals surface area contributed by atoms with Gasteiger partial charge in [-0.05, 0) is 21.5 Å². The highest BCUT2D eigenvalue weighted by atomic mass is 79.9. The normalized spacial score (nSPS) is 13.2. The van der Waals surface area contributed by atoms with Crippen molar-refractivity contribution in [2.45, 2.75) is 19.1 Å². The van der Waals surface area contributed by atoms with Crippen LogP contribution in [-0.4, -0.2) is 9.38 Å². The highest BCUT2D eigenvalue weighted by Gasteiger charge is 2.36. The van der Waals surface area contributed by atoms with Crippen molar-refractivity contribution in [3.63, 3.8) is 0 Å². The second kappa shape index (κ2) is 5.08. The van der Waals surface area contributed by atoms with Crippen molar-refractivity contribution < 1.29 is 13.2 Å². The Bertz CT molecular complexity index is 776. The third-order valence-electron chi connectivity index (χ3n) is 2.45. The minimum Gasteiger partial charge on any atom is -0.268 e. The van der Waals surface area contributed by atoms with E-state index in [0.717, 1.165) is 5.38 Å². The van der Waals surface area contributed by atoms with Crippen LogP contribution < -0.4 is 5.56 Å². The van der Waals surface area contributed by atoms with E-state index in [1.807, 2.05) is 0 Å². The van der Waals surface area contributed by atoms with E-state index < -0.39 is 23.5 Å². The molecular formula is C9H5BrF3N5OS. The van der Waals surface area contributed by atoms with Gasteiger partial charge in [-0.1, -0.05) is 12.0 Å². The molecule has 0 aliphatic carbocycles. The number of azide groups is 1. The van der Waals surface area contributed by atoms with Crippen LogP contribution in [0, 0.1) is 0 Å². The Balaban J connectivity index is 2.80. The molecule has 0 fully saturated rings. The van der Waals surface area contributed by atoms with Crippen LogP contribution in [0.1, 0.15) is 24.4 Å². The molecule has 2 aromatic rings. The quantitative estimate of drug-likeness (QED) is 0.457. The number of halogens is 4. The Morgan fingerprint density at radius 3 is 2.80 bits per heavy atom. The zero-order valence-corrected chi connectivity index (χ0v) is 12.1. The number of hydrogen-bond acceptors (Lipinski definition) is 4. The fraction of sp³-hybridized carbons (Fsp3) is 0.333. The second-order valence-electron chi connectivity index (χ2n) is 3.73. The van der Waals surface area contributed by atoms with E-state index in [1.54, 1.807) is 0 Å². The summed E-state index contributed by atoms with van der Waals surface area (Å²) in [6.07, 6.45) is -4.65. The lowest BCUT2D eigenvalue weighted by Gasteiger charge is -2.09. The number of hydrogen-bond donors (Lipinski definition) is 0. The van der Waals surface area contributed by atoms with Gasteiger partial charge >= 0.3 is 6.18 Å². The van der Waals surface area contributed by atoms with Gasteiger partial charge in [-0.25, -0.2) is 9.38 Å². The molecule has 1 atom stereocenters. The van der Waals surface area contributed by atoms with Crippen LogP contribution in [0.2, 0.25) is 0 Å². The fourth-order valence-electron chi connectivity index (χ4n) is 1.55. The van der Waals surface area contributed by atoms with Crippen molar-refractivity contribution >= 4 is 32.2 Å². The van der Waals surface area contributed by atoms with Crippen LogP contribution in [0.3, 0.4) is 0 Å². The molecule has 0 N–H and O–H groups in total. The molecule has 0 aromatic carbocycles. The van der Waals surface area contributed by atoms with Crippen LogP contribution in [-0.2, 0) is 6.18 Å². The van der Waals surface area contributed by atoms with Crippen molar-refractivity contribution in [3.05, 3.63) is 42.0 Å². The maximum Gasteiger partial charge on any atom is 0.432 e. The molecule has 0 saturated heterocycles. The Labute approximate surface area is 121 Å². The lowest BCUT2D eigenvalue weighted by Crippen LogP contribution is -2.23. The highest BCUT2D eigenvalue weighted by Crippen LogP contribution is 2.32. The van der Waals surface area contributed by atoms with Gasteiger partial charge in [-0.2, -0.15) is 13.2 Å². The van der Waals surface area contributed by atoms with Gasteiger partial charge in [-0.15, -0.1) is 11.3 Å². The number of alkyl halides is 3. The zero-order chi connectivity index (χ0) is 15.1. The van der Waals surface area contributed by atoms with Crippen molar-refractivity contribution in [1.29, 1.82) is 0 Å². The van der Waals surface area contributed by atoms with E-state index in [1.165, 1.54) is 6.92 Å². The fourth-order valence-corrected chi connectivity index (χ4v) is 3.04. The number of rotatable bonds is 2. The van der Waals surface area contributed by atoms with Crippen LogP contribution >= 0.6 is 27.3 Å². The highest BCUT2D eigenvalue weighted by molar-refractivity contribution is 9.10. The molecule has 0 aliphatic rings. The predicted octanol–water partition coefficient (Wildman–Crippen LogP) is 3.91. The topological polar surface area (TPSA) is 83.1 Å². The maximum absolute atomic E-state index is 12.8. The summed E-state index contributed by atoms with van der Waals surface area (Å²) in [7, 11) is 0. The smallest absolute Gasteiger partial charge is 0.268 e. The van der Waals surface area contributed by atoms with Gasteiger partial charge in [0.05, 0.1) is 11.7 Å². The largest absolute Gasteiger partial charge is 0.432 e. The molecule has 11 heteroatoms. The predicted molar refractivity (Wildman–Crippen MR) is 69.6 cm³/mol. The van der Waals surface area contributed by atoms with Gasteiger partial charge in [0.15, 0.2) is 4.96 Å². The lowest BCUT2D eigenvalue weighted by molar-refractivity contribution is -0.141. The molecule has 2 rings (SSSR count). The van der Waals surface area contributed by atoms with Crippen molar-refractivity contribution in [2.75, 3.05) is 0 Å². The van der Waals surface area contributed by atoms with E-state index in [0.29, 0.717) is 15.7 Å². The average Bonchev–Trinajstić information content (AvgIpc) is 2.77. The van der Waals surface area contributed by atoms with E-state index in [4.69, 9.17) is 5.53 Å². The second-order valence-corrected chi connectivity index (χ2v) is 5.36. The molecule has 0 aliphatic heterocycles. The molecule has 0 saturated carbocycles. The monoisotopic (exact) mass is 367 g/mol. The van der Waals surface area contributed by atoms with Crippen LogP contribution in [0.25, 0.3) is 15.4 Å². The minimum atomic E-state index is -4.65. The Morgan fingerprint density at radius 1 is 1.60 bits per heavy atom. The molecule has 0 radical (unpaired) electrons. The SMILES string of the molecule is CC(N=[N+]=[N-])c1nc2scc(C(F)(F)F)n2c(=O)c1Br. The van der Waals surface area contributed by atoms with Crippen LogP contribution in [0.4, 0.5) is 13.2 Å². The van der Waals surface area contributed by atoms with Crippen molar-refractivity contribution in [2.24, 2.45) is 5.11 Å². The summed E-state index contributed by atoms with van der Waals surface area (Å²) in [6, 6.07) is -0.775. The van der Waals surface area contributed by atoms with E-state index in [2.05, 4.69) is 30.9 Å². The first-order chi connectivity index (χ1) is 9.27. The standard InChI is InChI=1S/C9H5BrF3N5OS/c1-3(16-17-14)6-5(10)7(19)18-4(9(11,12)13)2-20-8(18)15-6/h2-3H,1H3. The van der Waals surface area contributed by atoms with Gasteiger partial charge in [-0.3, -0.25) is 4.79 Å². The molecule has 0 spiro atoms. The summed E-state index contributed by atoms with van der Waals surface area (Å²) in [5.74, 6) is 0. The lowest BCUT2D eigenvalue weighted by atomic mass is 10.2. The first kappa shape index (κ1) is 14.8. The van der Waals surface area contributed by atoms with E-state index in [-0.39, 0.29) is 15.1 Å². The average molecular weight is 368 g/mol. The Hall–Kier alpha value is -1.58. The van der Waals surface area contributed by atoms with E-state index in [9.17, 15) is 18.0 Å². The number of fused-ring (bicyclic) bond motifs is 1. The van der Waals surface area contributed by atoms with Crippen LogP contribution in [0.15, 0.2) is 19.8 Å². The summed E-state index contributed by atoms with van der Waals surface area (Å²) in [5, 5.41) is 4.20. The van der Waals surface area contributed by atoms with Gasteiger partial charge in [0.2, 0.25) is 0 Å². The number of nitrogens with zero attached hydrogens (tertiary/aromatic N) is 5. The first-order valence-electron chi connectivity index (χ1n) is 5.08. The number of aromatic nitrogens is 2. The molecule has 1 unspecified atom stereocenters. The molecule has 0 bridgehead atoms. The van der Waals surface area contributed by atoms with Crippen molar-refractivity contribution in [3.8, 4) is 0 Å². The summed E-state index contributed by atoms with van der Waals surface area (Å²) in [6.45, 7) is 1.49. The van der Waals surface area contributed by atoms with Gasteiger partial charge in [0.1, 0.15) is 10.2 Å². The first-order valence-corrected chi connectivity index (χ1v) is 6.75. The molecule has 2 heterocycles. The summed E-state index contributed by atoms with van der Waals surface area (Å²) < 4.78 is 38.7. The van der Waals surface area contributed by atoms with Crippen LogP contribution in [0.5, 0.6) is 0 Å². The maximum atomic E-state index is 12.8. The molecule has 0 amide bonds. The third-order valence-corrected chi connectivity index (χ3v) is 4.02. The molecule has 6 nitrogen and oxygen atoms in total. The van der Waals surface area contributed by atoms with E-state index >= 15 is 0 Å². The van der Waals surface area contributed by atoms with Gasteiger partial charge < -0.3 is 0 Å². The zero-order valence-electron chi connectivity index (χ0n) is 9.72. The Kier molecular flexibility index (Phi) is 3.76. The molecule has 106 valence electrons. The summed E-state index contributed by atoms with van der Waals surface area (Å²) in [5.41, 5.74) is 6.49. The number of thiazole rings is 1.